The largest absolute Gasteiger partial charge is 0.508 e. The van der Waals surface area contributed by atoms with Gasteiger partial charge in [0.1, 0.15) is 5.75 Å². The van der Waals surface area contributed by atoms with E-state index in [-0.39, 0.29) is 0 Å². The number of nitrogens with zero attached hydrogens (tertiary/aromatic N) is 1. The summed E-state index contributed by atoms with van der Waals surface area (Å²) < 4.78 is 11.2. The molecule has 0 radical (unpaired) electrons. The van der Waals surface area contributed by atoms with Crippen LogP contribution < -0.4 is 0 Å². The minimum absolute atomic E-state index is 0.378. The Morgan fingerprint density at radius 3 is 2.39 bits per heavy atom. The van der Waals surface area contributed by atoms with Gasteiger partial charge < -0.3 is 10.0 Å². The molecule has 0 fully saturated rings. The van der Waals surface area contributed by atoms with E-state index in [4.69, 9.17) is 0 Å². The number of allylic oxidation sites excluding steroid dienone is 2. The van der Waals surface area contributed by atoms with Gasteiger partial charge in [0.2, 0.25) is 0 Å². The Labute approximate surface area is 203 Å². The van der Waals surface area contributed by atoms with E-state index < -0.39 is 10.8 Å². The Hall–Kier alpha value is -1.91. The van der Waals surface area contributed by atoms with Gasteiger partial charge in [-0.2, -0.15) is 0 Å². The molecule has 0 aromatic heterocycles. The van der Waals surface area contributed by atoms with E-state index in [1.54, 1.807) is 6.26 Å². The predicted octanol–water partition coefficient (Wildman–Crippen LogP) is 6.68. The monoisotopic (exact) mass is 467 g/mol. The zero-order chi connectivity index (χ0) is 23.5. The number of rotatable bonds is 13. The third kappa shape index (κ3) is 8.42. The molecule has 1 aliphatic rings. The van der Waals surface area contributed by atoms with Crippen molar-refractivity contribution in [3.63, 3.8) is 0 Å². The van der Waals surface area contributed by atoms with Gasteiger partial charge in [0.05, 0.1) is 0 Å². The molecule has 1 aliphatic carbocycles. The molecule has 2 aromatic carbocycles. The SMILES string of the molecule is CN(CCCCCCC1=C(c2ccccc2)CCCc2cc(O)ccc21)CCCCS(C)=O. The Bertz CT molecular complexity index is 922. The van der Waals surface area contributed by atoms with E-state index in [9.17, 15) is 9.32 Å². The molecule has 3 rings (SSSR count). The quantitative estimate of drug-likeness (QED) is 0.334. The van der Waals surface area contributed by atoms with Crippen molar-refractivity contribution < 1.29 is 9.32 Å². The van der Waals surface area contributed by atoms with Crippen LogP contribution in [0.4, 0.5) is 0 Å². The number of aryl methyl sites for hydroxylation is 1. The van der Waals surface area contributed by atoms with E-state index in [1.165, 1.54) is 53.5 Å². The fourth-order valence-electron chi connectivity index (χ4n) is 4.93. The molecule has 180 valence electrons. The average Bonchev–Trinajstić information content (AvgIpc) is 2.98. The van der Waals surface area contributed by atoms with Crippen LogP contribution in [0.15, 0.2) is 48.5 Å². The molecule has 2 aromatic rings. The fourth-order valence-corrected chi connectivity index (χ4v) is 5.54. The molecule has 1 N–H and O–H groups in total. The molecule has 0 heterocycles. The maximum absolute atomic E-state index is 11.2. The Morgan fingerprint density at radius 1 is 0.909 bits per heavy atom. The van der Waals surface area contributed by atoms with Crippen LogP contribution >= 0.6 is 0 Å². The lowest BCUT2D eigenvalue weighted by atomic mass is 9.89. The lowest BCUT2D eigenvalue weighted by molar-refractivity contribution is 0.319. The second-order valence-electron chi connectivity index (χ2n) is 9.47. The standard InChI is InChI=1S/C29H41NO2S/c1-30(21-10-11-22-33(2)32)20-9-4-3-8-16-29-27(24-13-6-5-7-14-24)17-12-15-25-23-26(31)18-19-28(25)29/h5-7,13-14,18-19,23,31H,3-4,8-12,15-17,20-22H2,1-2H3. The van der Waals surface area contributed by atoms with Gasteiger partial charge in [-0.05, 0) is 111 Å². The van der Waals surface area contributed by atoms with Crippen molar-refractivity contribution in [3.8, 4) is 5.75 Å². The number of hydrogen-bond donors (Lipinski definition) is 1. The summed E-state index contributed by atoms with van der Waals surface area (Å²) in [6.07, 6.45) is 13.3. The lowest BCUT2D eigenvalue weighted by Gasteiger charge is -2.17. The number of phenolic OH excluding ortho intramolecular Hbond substituents is 1. The Morgan fingerprint density at radius 2 is 1.64 bits per heavy atom. The molecular weight excluding hydrogens is 426 g/mol. The topological polar surface area (TPSA) is 40.5 Å². The summed E-state index contributed by atoms with van der Waals surface area (Å²) in [6.45, 7) is 2.25. The van der Waals surface area contributed by atoms with E-state index >= 15 is 0 Å². The van der Waals surface area contributed by atoms with Crippen LogP contribution in [0, 0.1) is 0 Å². The van der Waals surface area contributed by atoms with Crippen LogP contribution in [0.5, 0.6) is 5.75 Å². The summed E-state index contributed by atoms with van der Waals surface area (Å²) in [5, 5.41) is 10.0. The fraction of sp³-hybridized carbons (Fsp3) is 0.517. The van der Waals surface area contributed by atoms with Gasteiger partial charge in [-0.3, -0.25) is 4.21 Å². The van der Waals surface area contributed by atoms with E-state index in [0.29, 0.717) is 5.75 Å². The van der Waals surface area contributed by atoms with Crippen LogP contribution in [0.2, 0.25) is 0 Å². The number of fused-ring (bicyclic) bond motifs is 1. The highest BCUT2D eigenvalue weighted by atomic mass is 32.2. The first-order chi connectivity index (χ1) is 16.0. The molecule has 0 amide bonds. The highest BCUT2D eigenvalue weighted by molar-refractivity contribution is 7.84. The molecule has 0 spiro atoms. The summed E-state index contributed by atoms with van der Waals surface area (Å²) in [6, 6.07) is 16.8. The van der Waals surface area contributed by atoms with Gasteiger partial charge in [0, 0.05) is 22.8 Å². The molecule has 4 heteroatoms. The summed E-state index contributed by atoms with van der Waals surface area (Å²) in [4.78, 5) is 2.42. The molecule has 1 atom stereocenters. The Balaban J connectivity index is 1.54. The van der Waals surface area contributed by atoms with E-state index in [2.05, 4.69) is 48.3 Å². The third-order valence-electron chi connectivity index (χ3n) is 6.71. The predicted molar refractivity (Wildman–Crippen MR) is 143 cm³/mol. The molecule has 0 saturated carbocycles. The second kappa shape index (κ2) is 13.7. The first-order valence-electron chi connectivity index (χ1n) is 12.6. The smallest absolute Gasteiger partial charge is 0.115 e. The van der Waals surface area contributed by atoms with Crippen LogP contribution in [0.1, 0.15) is 74.5 Å². The van der Waals surface area contributed by atoms with Gasteiger partial charge in [-0.1, -0.05) is 49.2 Å². The normalized spacial score (nSPS) is 14.9. The van der Waals surface area contributed by atoms with Crippen molar-refractivity contribution in [2.45, 2.75) is 64.2 Å². The van der Waals surface area contributed by atoms with Crippen LogP contribution in [-0.2, 0) is 17.2 Å². The molecule has 0 saturated heterocycles. The number of unbranched alkanes of at least 4 members (excludes halogenated alkanes) is 4. The summed E-state index contributed by atoms with van der Waals surface area (Å²) in [5.41, 5.74) is 6.97. The maximum Gasteiger partial charge on any atom is 0.115 e. The number of benzene rings is 2. The van der Waals surface area contributed by atoms with Crippen molar-refractivity contribution in [1.82, 2.24) is 4.90 Å². The van der Waals surface area contributed by atoms with Crippen molar-refractivity contribution in [2.24, 2.45) is 0 Å². The zero-order valence-corrected chi connectivity index (χ0v) is 21.3. The van der Waals surface area contributed by atoms with Crippen LogP contribution in [0.25, 0.3) is 11.1 Å². The van der Waals surface area contributed by atoms with Gasteiger partial charge in [0.15, 0.2) is 0 Å². The lowest BCUT2D eigenvalue weighted by Crippen LogP contribution is -2.21. The van der Waals surface area contributed by atoms with Crippen molar-refractivity contribution in [2.75, 3.05) is 32.1 Å². The minimum Gasteiger partial charge on any atom is -0.508 e. The van der Waals surface area contributed by atoms with Crippen molar-refractivity contribution in [3.05, 3.63) is 65.2 Å². The first kappa shape index (κ1) is 25.7. The third-order valence-corrected chi connectivity index (χ3v) is 7.58. The Kier molecular flexibility index (Phi) is 10.7. The summed E-state index contributed by atoms with van der Waals surface area (Å²) in [5.74, 6) is 1.21. The van der Waals surface area contributed by atoms with E-state index in [0.717, 1.165) is 57.4 Å². The van der Waals surface area contributed by atoms with Gasteiger partial charge in [-0.15, -0.1) is 0 Å². The first-order valence-corrected chi connectivity index (χ1v) is 14.4. The maximum atomic E-state index is 11.2. The van der Waals surface area contributed by atoms with E-state index in [1.807, 2.05) is 12.1 Å². The minimum atomic E-state index is -0.658. The second-order valence-corrected chi connectivity index (χ2v) is 11.0. The highest BCUT2D eigenvalue weighted by Gasteiger charge is 2.18. The molecular formula is C29H41NO2S. The van der Waals surface area contributed by atoms with Crippen LogP contribution in [0.3, 0.4) is 0 Å². The highest BCUT2D eigenvalue weighted by Crippen LogP contribution is 2.39. The number of aromatic hydroxyl groups is 1. The average molecular weight is 468 g/mol. The molecule has 3 nitrogen and oxygen atoms in total. The van der Waals surface area contributed by atoms with Gasteiger partial charge >= 0.3 is 0 Å². The van der Waals surface area contributed by atoms with Gasteiger partial charge in [0.25, 0.3) is 0 Å². The van der Waals surface area contributed by atoms with Crippen molar-refractivity contribution in [1.29, 1.82) is 0 Å². The number of hydrogen-bond acceptors (Lipinski definition) is 3. The van der Waals surface area contributed by atoms with Crippen LogP contribution in [-0.4, -0.2) is 46.4 Å². The summed E-state index contributed by atoms with van der Waals surface area (Å²) >= 11 is 0. The molecule has 0 aliphatic heterocycles. The zero-order valence-electron chi connectivity index (χ0n) is 20.5. The molecule has 33 heavy (non-hydrogen) atoms. The summed E-state index contributed by atoms with van der Waals surface area (Å²) in [7, 11) is 1.55. The number of phenols is 1. The molecule has 1 unspecified atom stereocenters. The van der Waals surface area contributed by atoms with Gasteiger partial charge in [-0.25, -0.2) is 0 Å². The van der Waals surface area contributed by atoms with Crippen molar-refractivity contribution >= 4 is 21.9 Å². The molecule has 0 bridgehead atoms.